The van der Waals surface area contributed by atoms with E-state index in [4.69, 9.17) is 11.5 Å². The van der Waals surface area contributed by atoms with Gasteiger partial charge in [0, 0.05) is 6.92 Å². The first kappa shape index (κ1) is 7.74. The number of guanidine groups is 1. The van der Waals surface area contributed by atoms with E-state index in [0.717, 1.165) is 0 Å². The molecule has 0 saturated heterocycles. The summed E-state index contributed by atoms with van der Waals surface area (Å²) in [7, 11) is 0. The number of nitrogens with one attached hydrogen (secondary N) is 1. The third kappa shape index (κ3) is 6.74. The van der Waals surface area contributed by atoms with Crippen LogP contribution in [0.4, 0.5) is 0 Å². The van der Waals surface area contributed by atoms with Gasteiger partial charge in [0.15, 0.2) is 5.96 Å². The number of aliphatic imine (C=N–C) groups is 1. The van der Waals surface area contributed by atoms with E-state index in [0.29, 0.717) is 0 Å². The van der Waals surface area contributed by atoms with Gasteiger partial charge in [0.25, 0.3) is 0 Å². The van der Waals surface area contributed by atoms with E-state index in [1.165, 1.54) is 6.92 Å². The molecule has 0 spiro atoms. The van der Waals surface area contributed by atoms with Crippen molar-refractivity contribution >= 4 is 11.9 Å². The van der Waals surface area contributed by atoms with E-state index in [1.807, 2.05) is 0 Å². The van der Waals surface area contributed by atoms with Gasteiger partial charge < -0.3 is 16.8 Å². The first-order valence-corrected chi connectivity index (χ1v) is 2.42. The molecule has 0 fully saturated rings. The van der Waals surface area contributed by atoms with Crippen molar-refractivity contribution in [3.63, 3.8) is 0 Å². The zero-order valence-corrected chi connectivity index (χ0v) is 5.22. The fourth-order valence-electron chi connectivity index (χ4n) is 0.242. The lowest BCUT2D eigenvalue weighted by Gasteiger charge is -1.94. The van der Waals surface area contributed by atoms with Crippen molar-refractivity contribution in [1.29, 1.82) is 0 Å². The highest BCUT2D eigenvalue weighted by Gasteiger charge is 1.85. The maximum atomic E-state index is 10.2. The molecule has 0 aromatic heterocycles. The Balaban J connectivity index is 3.31. The molecule has 9 heavy (non-hydrogen) atoms. The van der Waals surface area contributed by atoms with E-state index >= 15 is 0 Å². The predicted molar refractivity (Wildman–Crippen MR) is 34.5 cm³/mol. The summed E-state index contributed by atoms with van der Waals surface area (Å²) in [6, 6.07) is 0. The molecule has 5 nitrogen and oxygen atoms in total. The lowest BCUT2D eigenvalue weighted by Crippen LogP contribution is -2.27. The molecule has 5 N–H and O–H groups in total. The van der Waals surface area contributed by atoms with Gasteiger partial charge in [-0.15, -0.1) is 0 Å². The van der Waals surface area contributed by atoms with Crippen LogP contribution in [0.2, 0.25) is 0 Å². The number of carbonyl (C=O) groups is 1. The summed E-state index contributed by atoms with van der Waals surface area (Å²) in [5.41, 5.74) is 9.91. The zero-order valence-electron chi connectivity index (χ0n) is 5.22. The molecule has 0 saturated carbocycles. The Kier molecular flexibility index (Phi) is 3.19. The third-order valence-corrected chi connectivity index (χ3v) is 0.590. The summed E-state index contributed by atoms with van der Waals surface area (Å²) in [4.78, 5) is 13.7. The average Bonchev–Trinajstić information content (AvgIpc) is 1.63. The Morgan fingerprint density at radius 1 is 1.67 bits per heavy atom. The standard InChI is InChI=1S/C4H10N4O/c1-3(9)7-2-8-4(5)6/h2H2,1H3,(H,7,9)(H4,5,6,8). The maximum absolute atomic E-state index is 10.2. The quantitative estimate of drug-likeness (QED) is 0.309. The Labute approximate surface area is 53.1 Å². The minimum Gasteiger partial charge on any atom is -0.370 e. The number of hydrogen-bond donors (Lipinski definition) is 3. The number of rotatable bonds is 2. The SMILES string of the molecule is CC(=O)NCN=C(N)N. The van der Waals surface area contributed by atoms with Gasteiger partial charge in [0.05, 0.1) is 0 Å². The highest BCUT2D eigenvalue weighted by atomic mass is 16.1. The fraction of sp³-hybridized carbons (Fsp3) is 0.500. The van der Waals surface area contributed by atoms with Crippen LogP contribution in [0.25, 0.3) is 0 Å². The molecule has 0 aliphatic heterocycles. The van der Waals surface area contributed by atoms with Gasteiger partial charge in [0.1, 0.15) is 6.67 Å². The highest BCUT2D eigenvalue weighted by Crippen LogP contribution is 1.62. The number of carbonyl (C=O) groups excluding carboxylic acids is 1. The predicted octanol–water partition coefficient (Wildman–Crippen LogP) is -1.65. The van der Waals surface area contributed by atoms with Crippen LogP contribution >= 0.6 is 0 Å². The summed E-state index contributed by atoms with van der Waals surface area (Å²) in [5, 5.41) is 2.39. The van der Waals surface area contributed by atoms with Gasteiger partial charge in [0.2, 0.25) is 5.91 Å². The summed E-state index contributed by atoms with van der Waals surface area (Å²) in [6.07, 6.45) is 0. The number of amides is 1. The van der Waals surface area contributed by atoms with Crippen LogP contribution in [0.5, 0.6) is 0 Å². The molecule has 52 valence electrons. The second-order valence-electron chi connectivity index (χ2n) is 1.47. The van der Waals surface area contributed by atoms with Crippen molar-refractivity contribution < 1.29 is 4.79 Å². The van der Waals surface area contributed by atoms with Gasteiger partial charge >= 0.3 is 0 Å². The van der Waals surface area contributed by atoms with Crippen LogP contribution in [-0.4, -0.2) is 18.5 Å². The van der Waals surface area contributed by atoms with Gasteiger partial charge in [-0.2, -0.15) is 0 Å². The minimum absolute atomic E-state index is 0.0243. The Hall–Kier alpha value is -1.26. The van der Waals surface area contributed by atoms with E-state index in [9.17, 15) is 4.79 Å². The Morgan fingerprint density at radius 3 is 2.56 bits per heavy atom. The first-order chi connectivity index (χ1) is 4.13. The lowest BCUT2D eigenvalue weighted by molar-refractivity contribution is -0.118. The second kappa shape index (κ2) is 3.71. The minimum atomic E-state index is -0.153. The number of nitrogens with zero attached hydrogens (tertiary/aromatic N) is 1. The molecule has 0 aliphatic rings. The van der Waals surface area contributed by atoms with Crippen molar-refractivity contribution in [3.05, 3.63) is 0 Å². The number of nitrogens with two attached hydrogens (primary N) is 2. The van der Waals surface area contributed by atoms with Gasteiger partial charge in [-0.05, 0) is 0 Å². The lowest BCUT2D eigenvalue weighted by atomic mass is 10.7. The molecule has 0 aliphatic carbocycles. The average molecular weight is 130 g/mol. The summed E-state index contributed by atoms with van der Waals surface area (Å²) in [5.74, 6) is -0.177. The molecule has 0 radical (unpaired) electrons. The van der Waals surface area contributed by atoms with E-state index in [1.54, 1.807) is 0 Å². The van der Waals surface area contributed by atoms with Crippen molar-refractivity contribution in [3.8, 4) is 0 Å². The van der Waals surface area contributed by atoms with Crippen molar-refractivity contribution in [2.75, 3.05) is 6.67 Å². The van der Waals surface area contributed by atoms with E-state index < -0.39 is 0 Å². The monoisotopic (exact) mass is 130 g/mol. The molecule has 5 heteroatoms. The second-order valence-corrected chi connectivity index (χ2v) is 1.47. The van der Waals surface area contributed by atoms with Crippen LogP contribution in [0.3, 0.4) is 0 Å². The van der Waals surface area contributed by atoms with Crippen LogP contribution < -0.4 is 16.8 Å². The summed E-state index contributed by atoms with van der Waals surface area (Å²) < 4.78 is 0. The van der Waals surface area contributed by atoms with Crippen LogP contribution in [0, 0.1) is 0 Å². The Bertz CT molecular complexity index is 127. The maximum Gasteiger partial charge on any atom is 0.218 e. The van der Waals surface area contributed by atoms with Crippen molar-refractivity contribution in [2.45, 2.75) is 6.92 Å². The normalized spacial score (nSPS) is 8.11. The molecular weight excluding hydrogens is 120 g/mol. The van der Waals surface area contributed by atoms with Gasteiger partial charge in [-0.25, -0.2) is 4.99 Å². The molecule has 0 unspecified atom stereocenters. The van der Waals surface area contributed by atoms with Crippen molar-refractivity contribution in [1.82, 2.24) is 5.32 Å². The summed E-state index contributed by atoms with van der Waals surface area (Å²) >= 11 is 0. The van der Waals surface area contributed by atoms with Crippen LogP contribution in [-0.2, 0) is 4.79 Å². The van der Waals surface area contributed by atoms with E-state index in [-0.39, 0.29) is 18.5 Å². The zero-order chi connectivity index (χ0) is 7.28. The third-order valence-electron chi connectivity index (χ3n) is 0.590. The van der Waals surface area contributed by atoms with Crippen LogP contribution in [0.1, 0.15) is 6.92 Å². The smallest absolute Gasteiger partial charge is 0.218 e. The summed E-state index contributed by atoms with van der Waals surface area (Å²) in [6.45, 7) is 1.54. The molecule has 1 amide bonds. The van der Waals surface area contributed by atoms with Crippen molar-refractivity contribution in [2.24, 2.45) is 16.5 Å². The topological polar surface area (TPSA) is 93.5 Å². The molecule has 0 rings (SSSR count). The molecule has 0 aromatic rings. The first-order valence-electron chi connectivity index (χ1n) is 2.42. The molecule has 0 heterocycles. The highest BCUT2D eigenvalue weighted by molar-refractivity contribution is 5.76. The van der Waals surface area contributed by atoms with Crippen LogP contribution in [0.15, 0.2) is 4.99 Å². The molecule has 0 aromatic carbocycles. The molecular formula is C4H10N4O. The molecule has 0 bridgehead atoms. The van der Waals surface area contributed by atoms with Gasteiger partial charge in [-0.3, -0.25) is 4.79 Å². The van der Waals surface area contributed by atoms with Gasteiger partial charge in [-0.1, -0.05) is 0 Å². The fourth-order valence-corrected chi connectivity index (χ4v) is 0.242. The van der Waals surface area contributed by atoms with E-state index in [2.05, 4.69) is 10.3 Å². The molecule has 0 atom stereocenters. The Morgan fingerprint density at radius 2 is 2.22 bits per heavy atom. The number of hydrogen-bond acceptors (Lipinski definition) is 2. The largest absolute Gasteiger partial charge is 0.370 e.